The van der Waals surface area contributed by atoms with E-state index in [9.17, 15) is 4.39 Å². The largest absolute Gasteiger partial charge is 0.467 e. The Hall–Kier alpha value is -1.32. The second-order valence-electron chi connectivity index (χ2n) is 3.17. The average molecular weight is 226 g/mol. The predicted octanol–water partition coefficient (Wildman–Crippen LogP) is 3.12. The molecule has 2 rings (SSSR count). The van der Waals surface area contributed by atoms with Crippen LogP contribution >= 0.6 is 11.6 Å². The number of nitrogens with two attached hydrogens (primary N) is 1. The van der Waals surface area contributed by atoms with Crippen molar-refractivity contribution in [2.24, 2.45) is 5.73 Å². The third-order valence-electron chi connectivity index (χ3n) is 2.15. The van der Waals surface area contributed by atoms with Gasteiger partial charge in [0.15, 0.2) is 0 Å². The van der Waals surface area contributed by atoms with Crippen molar-refractivity contribution in [2.45, 2.75) is 6.04 Å². The van der Waals surface area contributed by atoms with E-state index < -0.39 is 11.9 Å². The Labute approximate surface area is 91.5 Å². The molecule has 2 nitrogen and oxygen atoms in total. The van der Waals surface area contributed by atoms with Crippen LogP contribution in [0.25, 0.3) is 0 Å². The van der Waals surface area contributed by atoms with Crippen LogP contribution in [0, 0.1) is 5.82 Å². The molecule has 1 aromatic carbocycles. The van der Waals surface area contributed by atoms with E-state index in [1.165, 1.54) is 18.4 Å². The quantitative estimate of drug-likeness (QED) is 0.853. The van der Waals surface area contributed by atoms with E-state index in [0.717, 1.165) is 0 Å². The maximum absolute atomic E-state index is 13.2. The zero-order valence-corrected chi connectivity index (χ0v) is 8.54. The van der Waals surface area contributed by atoms with Crippen LogP contribution < -0.4 is 5.73 Å². The molecule has 4 heteroatoms. The lowest BCUT2D eigenvalue weighted by molar-refractivity contribution is 0.489. The van der Waals surface area contributed by atoms with Crippen molar-refractivity contribution >= 4 is 11.6 Å². The summed E-state index contributed by atoms with van der Waals surface area (Å²) in [6.07, 6.45) is 1.53. The first-order chi connectivity index (χ1) is 7.18. The van der Waals surface area contributed by atoms with E-state index in [4.69, 9.17) is 21.8 Å². The smallest absolute Gasteiger partial charge is 0.142 e. The molecule has 1 atom stereocenters. The number of hydrogen-bond acceptors (Lipinski definition) is 2. The van der Waals surface area contributed by atoms with Crippen LogP contribution in [0.15, 0.2) is 41.0 Å². The first-order valence-corrected chi connectivity index (χ1v) is 4.80. The van der Waals surface area contributed by atoms with Gasteiger partial charge in [-0.25, -0.2) is 4.39 Å². The first-order valence-electron chi connectivity index (χ1n) is 4.42. The molecule has 78 valence electrons. The maximum Gasteiger partial charge on any atom is 0.142 e. The minimum Gasteiger partial charge on any atom is -0.467 e. The predicted molar refractivity (Wildman–Crippen MR) is 56.1 cm³/mol. The van der Waals surface area contributed by atoms with Gasteiger partial charge in [-0.1, -0.05) is 17.7 Å². The zero-order chi connectivity index (χ0) is 10.8. The molecule has 0 aliphatic rings. The van der Waals surface area contributed by atoms with Crippen LogP contribution in [0.3, 0.4) is 0 Å². The highest BCUT2D eigenvalue weighted by molar-refractivity contribution is 6.30. The highest BCUT2D eigenvalue weighted by atomic mass is 35.5. The summed E-state index contributed by atoms with van der Waals surface area (Å²) in [5.74, 6) is 0.118. The van der Waals surface area contributed by atoms with E-state index in [-0.39, 0.29) is 5.02 Å². The van der Waals surface area contributed by atoms with Crippen LogP contribution in [0.2, 0.25) is 5.02 Å². The molecule has 0 amide bonds. The Kier molecular flexibility index (Phi) is 2.75. The van der Waals surface area contributed by atoms with E-state index in [1.807, 2.05) is 0 Å². The monoisotopic (exact) mass is 225 g/mol. The molecular formula is C11H9ClFNO. The topological polar surface area (TPSA) is 39.2 Å². The van der Waals surface area contributed by atoms with E-state index in [2.05, 4.69) is 0 Å². The molecule has 1 heterocycles. The van der Waals surface area contributed by atoms with E-state index in [0.29, 0.717) is 11.3 Å². The van der Waals surface area contributed by atoms with Crippen molar-refractivity contribution in [3.05, 3.63) is 58.8 Å². The normalized spacial score (nSPS) is 12.7. The number of furan rings is 1. The van der Waals surface area contributed by atoms with Crippen molar-refractivity contribution in [1.82, 2.24) is 0 Å². The molecule has 2 aromatic rings. The molecule has 0 aliphatic carbocycles. The number of benzene rings is 1. The molecule has 0 saturated carbocycles. The van der Waals surface area contributed by atoms with Crippen LogP contribution in [0.5, 0.6) is 0 Å². The van der Waals surface area contributed by atoms with Crippen LogP contribution in [-0.2, 0) is 0 Å². The zero-order valence-electron chi connectivity index (χ0n) is 7.78. The molecule has 0 saturated heterocycles. The van der Waals surface area contributed by atoms with Crippen LogP contribution in [0.1, 0.15) is 17.4 Å². The summed E-state index contributed by atoms with van der Waals surface area (Å²) in [4.78, 5) is 0. The molecule has 0 fully saturated rings. The lowest BCUT2D eigenvalue weighted by Crippen LogP contribution is -2.11. The third-order valence-corrected chi connectivity index (χ3v) is 2.46. The van der Waals surface area contributed by atoms with Crippen LogP contribution in [-0.4, -0.2) is 0 Å². The van der Waals surface area contributed by atoms with Gasteiger partial charge in [0.1, 0.15) is 11.6 Å². The van der Waals surface area contributed by atoms with Gasteiger partial charge in [-0.2, -0.15) is 0 Å². The van der Waals surface area contributed by atoms with Gasteiger partial charge < -0.3 is 10.2 Å². The highest BCUT2D eigenvalue weighted by Gasteiger charge is 2.13. The summed E-state index contributed by atoms with van der Waals surface area (Å²) in [7, 11) is 0. The van der Waals surface area contributed by atoms with Gasteiger partial charge in [-0.3, -0.25) is 0 Å². The molecule has 0 spiro atoms. The van der Waals surface area contributed by atoms with Gasteiger partial charge in [0.2, 0.25) is 0 Å². The standard InChI is InChI=1S/C11H9ClFNO/c12-8-4-3-7(6-9(8)13)11(14)10-2-1-5-15-10/h1-6,11H,14H2. The fourth-order valence-electron chi connectivity index (χ4n) is 1.34. The van der Waals surface area contributed by atoms with Crippen molar-refractivity contribution < 1.29 is 8.81 Å². The van der Waals surface area contributed by atoms with Crippen molar-refractivity contribution in [1.29, 1.82) is 0 Å². The summed E-state index contributed by atoms with van der Waals surface area (Å²) in [5.41, 5.74) is 6.51. The van der Waals surface area contributed by atoms with E-state index in [1.54, 1.807) is 18.2 Å². The van der Waals surface area contributed by atoms with Crippen molar-refractivity contribution in [2.75, 3.05) is 0 Å². The fraction of sp³-hybridized carbons (Fsp3) is 0.0909. The average Bonchev–Trinajstić information content (AvgIpc) is 2.74. The lowest BCUT2D eigenvalue weighted by atomic mass is 10.1. The summed E-state index contributed by atoms with van der Waals surface area (Å²) < 4.78 is 18.3. The first kappa shape index (κ1) is 10.2. The Morgan fingerprint density at radius 2 is 2.13 bits per heavy atom. The summed E-state index contributed by atoms with van der Waals surface area (Å²) in [6.45, 7) is 0. The summed E-state index contributed by atoms with van der Waals surface area (Å²) in [6, 6.07) is 7.49. The fourth-order valence-corrected chi connectivity index (χ4v) is 1.46. The Morgan fingerprint density at radius 3 is 2.73 bits per heavy atom. The van der Waals surface area contributed by atoms with Gasteiger partial charge in [-0.15, -0.1) is 0 Å². The Bertz CT molecular complexity index is 456. The van der Waals surface area contributed by atoms with Gasteiger partial charge >= 0.3 is 0 Å². The molecule has 0 radical (unpaired) electrons. The van der Waals surface area contributed by atoms with Gasteiger partial charge in [0.25, 0.3) is 0 Å². The third kappa shape index (κ3) is 2.03. The van der Waals surface area contributed by atoms with Gasteiger partial charge in [-0.05, 0) is 29.8 Å². The molecule has 1 aromatic heterocycles. The van der Waals surface area contributed by atoms with Crippen LogP contribution in [0.4, 0.5) is 4.39 Å². The molecule has 1 unspecified atom stereocenters. The molecule has 15 heavy (non-hydrogen) atoms. The van der Waals surface area contributed by atoms with Gasteiger partial charge in [0.05, 0.1) is 17.3 Å². The van der Waals surface area contributed by atoms with Crippen molar-refractivity contribution in [3.63, 3.8) is 0 Å². The summed E-state index contributed by atoms with van der Waals surface area (Å²) >= 11 is 5.57. The maximum atomic E-state index is 13.2. The number of halogens is 2. The van der Waals surface area contributed by atoms with Gasteiger partial charge in [0, 0.05) is 0 Å². The minimum absolute atomic E-state index is 0.0883. The van der Waals surface area contributed by atoms with E-state index >= 15 is 0 Å². The van der Waals surface area contributed by atoms with Crippen molar-refractivity contribution in [3.8, 4) is 0 Å². The SMILES string of the molecule is NC(c1ccc(Cl)c(F)c1)c1ccco1. The molecular weight excluding hydrogens is 217 g/mol. The summed E-state index contributed by atoms with van der Waals surface area (Å²) in [5, 5.41) is 0.0883. The number of hydrogen-bond donors (Lipinski definition) is 1. The molecule has 0 bridgehead atoms. The number of rotatable bonds is 2. The second kappa shape index (κ2) is 4.04. The second-order valence-corrected chi connectivity index (χ2v) is 3.57. The molecule has 2 N–H and O–H groups in total. The minimum atomic E-state index is -0.476. The molecule has 0 aliphatic heterocycles. The highest BCUT2D eigenvalue weighted by Crippen LogP contribution is 2.23. The Balaban J connectivity index is 2.34. The lowest BCUT2D eigenvalue weighted by Gasteiger charge is -2.09. The Morgan fingerprint density at radius 1 is 1.33 bits per heavy atom.